The van der Waals surface area contributed by atoms with Crippen molar-refractivity contribution in [2.24, 2.45) is 7.05 Å². The highest BCUT2D eigenvalue weighted by atomic mass is 16.5. The van der Waals surface area contributed by atoms with Crippen LogP contribution in [0, 0.1) is 0 Å². The molecule has 0 saturated carbocycles. The maximum Gasteiger partial charge on any atom is 0.128 e. The zero-order chi connectivity index (χ0) is 14.8. The number of hydrogen-bond donors (Lipinski definition) is 1. The molecule has 0 aliphatic heterocycles. The number of fused-ring (bicyclic) bond motifs is 1. The minimum absolute atomic E-state index is 0.291. The lowest BCUT2D eigenvalue weighted by Gasteiger charge is -2.08. The first-order chi connectivity index (χ1) is 10.2. The molecule has 1 N–H and O–H groups in total. The molecule has 21 heavy (non-hydrogen) atoms. The first kappa shape index (κ1) is 13.4. The van der Waals surface area contributed by atoms with Crippen LogP contribution >= 0.6 is 0 Å². The number of phenolic OH excluding ortho intramolecular Hbond substituents is 1. The Kier molecular flexibility index (Phi) is 3.44. The van der Waals surface area contributed by atoms with Gasteiger partial charge in [-0.25, -0.2) is 0 Å². The summed E-state index contributed by atoms with van der Waals surface area (Å²) in [7, 11) is 3.60. The van der Waals surface area contributed by atoms with Crippen molar-refractivity contribution in [3.8, 4) is 17.2 Å². The number of aromatic hydroxyl groups is 1. The van der Waals surface area contributed by atoms with Crippen LogP contribution in [0.2, 0.25) is 0 Å². The van der Waals surface area contributed by atoms with E-state index in [0.29, 0.717) is 12.4 Å². The van der Waals surface area contributed by atoms with E-state index in [0.717, 1.165) is 28.1 Å². The molecule has 0 fully saturated rings. The molecule has 0 amide bonds. The molecule has 3 rings (SSSR count). The van der Waals surface area contributed by atoms with Crippen molar-refractivity contribution < 1.29 is 14.6 Å². The molecule has 0 bridgehead atoms. The van der Waals surface area contributed by atoms with E-state index in [2.05, 4.69) is 0 Å². The Hall–Kier alpha value is -2.62. The van der Waals surface area contributed by atoms with Crippen LogP contribution in [0.15, 0.2) is 48.5 Å². The fraction of sp³-hybridized carbons (Fsp3) is 0.176. The van der Waals surface area contributed by atoms with Crippen molar-refractivity contribution in [1.82, 2.24) is 4.57 Å². The number of ether oxygens (including phenoxy) is 2. The topological polar surface area (TPSA) is 43.6 Å². The summed E-state index contributed by atoms with van der Waals surface area (Å²) in [6.07, 6.45) is 0. The molecule has 0 spiro atoms. The number of nitrogens with zero attached hydrogens (tertiary/aromatic N) is 1. The lowest BCUT2D eigenvalue weighted by Crippen LogP contribution is -2.01. The van der Waals surface area contributed by atoms with E-state index in [1.54, 1.807) is 13.2 Å². The second kappa shape index (κ2) is 5.40. The van der Waals surface area contributed by atoms with E-state index in [1.165, 1.54) is 0 Å². The molecule has 2 aromatic carbocycles. The van der Waals surface area contributed by atoms with Crippen LogP contribution in [0.1, 0.15) is 5.69 Å². The second-order valence-corrected chi connectivity index (χ2v) is 4.87. The van der Waals surface area contributed by atoms with Gasteiger partial charge in [0, 0.05) is 12.4 Å². The Balaban J connectivity index is 1.81. The van der Waals surface area contributed by atoms with Crippen LogP contribution in [0.4, 0.5) is 0 Å². The molecule has 1 aromatic heterocycles. The van der Waals surface area contributed by atoms with E-state index < -0.39 is 0 Å². The minimum Gasteiger partial charge on any atom is -0.507 e. The van der Waals surface area contributed by atoms with Crippen LogP contribution in [-0.4, -0.2) is 16.8 Å². The van der Waals surface area contributed by atoms with Gasteiger partial charge in [0.25, 0.3) is 0 Å². The maximum absolute atomic E-state index is 9.88. The van der Waals surface area contributed by atoms with Crippen molar-refractivity contribution in [3.05, 3.63) is 54.2 Å². The standard InChI is InChI=1S/C17H17NO3/c1-18-12(10-15-16(18)4-3-5-17(15)19)11-21-14-8-6-13(20-2)7-9-14/h3-10,19H,11H2,1-2H3. The van der Waals surface area contributed by atoms with Gasteiger partial charge in [-0.2, -0.15) is 0 Å². The molecular weight excluding hydrogens is 266 g/mol. The van der Waals surface area contributed by atoms with E-state index in [1.807, 2.05) is 54.1 Å². The van der Waals surface area contributed by atoms with Crippen molar-refractivity contribution in [3.63, 3.8) is 0 Å². The normalized spacial score (nSPS) is 10.8. The lowest BCUT2D eigenvalue weighted by molar-refractivity contribution is 0.297. The number of benzene rings is 2. The third kappa shape index (κ3) is 2.52. The number of hydrogen-bond acceptors (Lipinski definition) is 3. The van der Waals surface area contributed by atoms with Crippen molar-refractivity contribution in [2.45, 2.75) is 6.61 Å². The Morgan fingerprint density at radius 3 is 2.43 bits per heavy atom. The summed E-state index contributed by atoms with van der Waals surface area (Å²) in [5.41, 5.74) is 1.99. The monoisotopic (exact) mass is 283 g/mol. The van der Waals surface area contributed by atoms with Gasteiger partial charge in [0.15, 0.2) is 0 Å². The Morgan fingerprint density at radius 1 is 1.05 bits per heavy atom. The first-order valence-electron chi connectivity index (χ1n) is 6.72. The lowest BCUT2D eigenvalue weighted by atomic mass is 10.2. The zero-order valence-electron chi connectivity index (χ0n) is 12.0. The van der Waals surface area contributed by atoms with Gasteiger partial charge in [-0.05, 0) is 42.5 Å². The summed E-state index contributed by atoms with van der Waals surface area (Å²) in [5, 5.41) is 10.7. The van der Waals surface area contributed by atoms with Crippen molar-refractivity contribution in [1.29, 1.82) is 0 Å². The molecule has 0 unspecified atom stereocenters. The highest BCUT2D eigenvalue weighted by Crippen LogP contribution is 2.27. The Morgan fingerprint density at radius 2 is 1.76 bits per heavy atom. The molecule has 3 aromatic rings. The largest absolute Gasteiger partial charge is 0.507 e. The van der Waals surface area contributed by atoms with Crippen LogP contribution in [-0.2, 0) is 13.7 Å². The summed E-state index contributed by atoms with van der Waals surface area (Å²) in [6, 6.07) is 14.9. The quantitative estimate of drug-likeness (QED) is 0.797. The number of aromatic nitrogens is 1. The SMILES string of the molecule is COc1ccc(OCc2cc3c(O)cccc3n2C)cc1. The summed E-state index contributed by atoms with van der Waals surface area (Å²) < 4.78 is 12.9. The van der Waals surface area contributed by atoms with E-state index in [-0.39, 0.29) is 0 Å². The molecular formula is C17H17NO3. The van der Waals surface area contributed by atoms with Gasteiger partial charge >= 0.3 is 0 Å². The van der Waals surface area contributed by atoms with Gasteiger partial charge in [0.1, 0.15) is 23.9 Å². The smallest absolute Gasteiger partial charge is 0.128 e. The van der Waals surface area contributed by atoms with Crippen LogP contribution < -0.4 is 9.47 Å². The van der Waals surface area contributed by atoms with Crippen LogP contribution in [0.5, 0.6) is 17.2 Å². The first-order valence-corrected chi connectivity index (χ1v) is 6.72. The molecule has 0 aliphatic rings. The van der Waals surface area contributed by atoms with Crippen molar-refractivity contribution in [2.75, 3.05) is 7.11 Å². The van der Waals surface area contributed by atoms with Crippen molar-refractivity contribution >= 4 is 10.9 Å². The third-order valence-electron chi connectivity index (χ3n) is 3.61. The highest BCUT2D eigenvalue weighted by molar-refractivity contribution is 5.87. The van der Waals surface area contributed by atoms with E-state index in [4.69, 9.17) is 9.47 Å². The summed E-state index contributed by atoms with van der Waals surface area (Å²) in [5.74, 6) is 1.88. The van der Waals surface area contributed by atoms with Gasteiger partial charge in [0.2, 0.25) is 0 Å². The van der Waals surface area contributed by atoms with Gasteiger partial charge in [-0.15, -0.1) is 0 Å². The Bertz CT molecular complexity index is 760. The minimum atomic E-state index is 0.291. The molecule has 0 saturated heterocycles. The van der Waals surface area contributed by atoms with Crippen LogP contribution in [0.3, 0.4) is 0 Å². The zero-order valence-corrected chi connectivity index (χ0v) is 12.0. The second-order valence-electron chi connectivity index (χ2n) is 4.87. The number of phenols is 1. The van der Waals surface area contributed by atoms with Gasteiger partial charge < -0.3 is 19.1 Å². The number of rotatable bonds is 4. The Labute approximate surface area is 123 Å². The fourth-order valence-corrected chi connectivity index (χ4v) is 2.37. The summed E-state index contributed by atoms with van der Waals surface area (Å²) >= 11 is 0. The van der Waals surface area contributed by atoms with Gasteiger partial charge in [-0.3, -0.25) is 0 Å². The van der Waals surface area contributed by atoms with E-state index in [9.17, 15) is 5.11 Å². The third-order valence-corrected chi connectivity index (χ3v) is 3.61. The predicted molar refractivity (Wildman–Crippen MR) is 81.9 cm³/mol. The number of aryl methyl sites for hydroxylation is 1. The summed E-state index contributed by atoms with van der Waals surface area (Å²) in [6.45, 7) is 0.441. The molecule has 4 nitrogen and oxygen atoms in total. The molecule has 1 heterocycles. The van der Waals surface area contributed by atoms with Gasteiger partial charge in [0.05, 0.1) is 18.3 Å². The fourth-order valence-electron chi connectivity index (χ4n) is 2.37. The average molecular weight is 283 g/mol. The van der Waals surface area contributed by atoms with E-state index >= 15 is 0 Å². The molecule has 4 heteroatoms. The molecule has 108 valence electrons. The predicted octanol–water partition coefficient (Wildman–Crippen LogP) is 3.47. The maximum atomic E-state index is 9.88. The highest BCUT2D eigenvalue weighted by Gasteiger charge is 2.09. The molecule has 0 radical (unpaired) electrons. The van der Waals surface area contributed by atoms with Gasteiger partial charge in [-0.1, -0.05) is 6.07 Å². The molecule has 0 aliphatic carbocycles. The summed E-state index contributed by atoms with van der Waals surface area (Å²) in [4.78, 5) is 0. The average Bonchev–Trinajstić information content (AvgIpc) is 2.84. The number of methoxy groups -OCH3 is 1. The molecule has 0 atom stereocenters. The van der Waals surface area contributed by atoms with Crippen LogP contribution in [0.25, 0.3) is 10.9 Å².